The van der Waals surface area contributed by atoms with E-state index in [0.717, 1.165) is 25.9 Å². The number of nitrogens with one attached hydrogen (secondary N) is 2. The average Bonchev–Trinajstić information content (AvgIpc) is 3.29. The SMILES string of the molecule is CCC(Sc1cccc(NC(=O)c2ccc3ccccc3c2)c1)C(=O)Nc1nc2ccccc2s1. The van der Waals surface area contributed by atoms with Crippen molar-refractivity contribution < 1.29 is 9.59 Å². The van der Waals surface area contributed by atoms with Gasteiger partial charge in [-0.15, -0.1) is 11.8 Å². The number of hydrogen-bond donors (Lipinski definition) is 2. The quantitative estimate of drug-likeness (QED) is 0.233. The lowest BCUT2D eigenvalue weighted by Gasteiger charge is -2.14. The zero-order valence-corrected chi connectivity index (χ0v) is 20.7. The van der Waals surface area contributed by atoms with Crippen LogP contribution < -0.4 is 10.6 Å². The Balaban J connectivity index is 1.26. The van der Waals surface area contributed by atoms with Crippen LogP contribution >= 0.6 is 23.1 Å². The number of para-hydroxylation sites is 1. The maximum absolute atomic E-state index is 12.9. The third-order valence-corrected chi connectivity index (χ3v) is 7.88. The molecule has 0 saturated heterocycles. The lowest BCUT2D eigenvalue weighted by molar-refractivity contribution is -0.115. The summed E-state index contributed by atoms with van der Waals surface area (Å²) in [6, 6.07) is 29.0. The van der Waals surface area contributed by atoms with Crippen LogP contribution in [0.15, 0.2) is 95.9 Å². The Morgan fingerprint density at radius 3 is 2.51 bits per heavy atom. The largest absolute Gasteiger partial charge is 0.322 e. The van der Waals surface area contributed by atoms with Gasteiger partial charge in [-0.1, -0.05) is 66.8 Å². The molecular formula is C28H23N3O2S2. The summed E-state index contributed by atoms with van der Waals surface area (Å²) < 4.78 is 1.04. The fourth-order valence-corrected chi connectivity index (χ4v) is 5.66. The molecule has 0 bridgehead atoms. The van der Waals surface area contributed by atoms with Gasteiger partial charge in [0.15, 0.2) is 5.13 Å². The Bertz CT molecular complexity index is 1500. The van der Waals surface area contributed by atoms with Gasteiger partial charge in [-0.05, 0) is 59.7 Å². The molecule has 1 atom stereocenters. The molecule has 2 N–H and O–H groups in total. The smallest absolute Gasteiger partial charge is 0.255 e. The molecule has 4 aromatic carbocycles. The predicted octanol–water partition coefficient (Wildman–Crippen LogP) is 7.21. The number of aromatic nitrogens is 1. The van der Waals surface area contributed by atoms with Crippen molar-refractivity contribution in [3.05, 3.63) is 96.6 Å². The van der Waals surface area contributed by atoms with Crippen LogP contribution in [-0.4, -0.2) is 22.0 Å². The van der Waals surface area contributed by atoms with Crippen molar-refractivity contribution in [2.45, 2.75) is 23.5 Å². The monoisotopic (exact) mass is 497 g/mol. The molecule has 1 aromatic heterocycles. The van der Waals surface area contributed by atoms with Gasteiger partial charge < -0.3 is 10.6 Å². The number of thiazole rings is 1. The lowest BCUT2D eigenvalue weighted by Crippen LogP contribution is -2.24. The van der Waals surface area contributed by atoms with Crippen LogP contribution in [0.25, 0.3) is 21.0 Å². The normalized spacial score (nSPS) is 11.9. The Labute approximate surface area is 211 Å². The van der Waals surface area contributed by atoms with Gasteiger partial charge in [-0.25, -0.2) is 4.98 Å². The molecule has 0 spiro atoms. The first-order valence-electron chi connectivity index (χ1n) is 11.3. The number of benzene rings is 4. The van der Waals surface area contributed by atoms with Crippen molar-refractivity contribution in [3.8, 4) is 0 Å². The highest BCUT2D eigenvalue weighted by molar-refractivity contribution is 8.00. The summed E-state index contributed by atoms with van der Waals surface area (Å²) in [5.74, 6) is -0.249. The maximum Gasteiger partial charge on any atom is 0.255 e. The highest BCUT2D eigenvalue weighted by Gasteiger charge is 2.20. The minimum absolute atomic E-state index is 0.0813. The Morgan fingerprint density at radius 2 is 1.69 bits per heavy atom. The molecule has 0 aliphatic carbocycles. The molecule has 7 heteroatoms. The van der Waals surface area contributed by atoms with E-state index in [2.05, 4.69) is 15.6 Å². The third-order valence-electron chi connectivity index (χ3n) is 5.57. The molecule has 0 aliphatic rings. The van der Waals surface area contributed by atoms with Crippen LogP contribution in [0, 0.1) is 0 Å². The molecule has 0 aliphatic heterocycles. The van der Waals surface area contributed by atoms with Crippen molar-refractivity contribution in [1.29, 1.82) is 0 Å². The van der Waals surface area contributed by atoms with E-state index in [1.165, 1.54) is 23.1 Å². The average molecular weight is 498 g/mol. The predicted molar refractivity (Wildman–Crippen MR) is 147 cm³/mol. The molecule has 5 rings (SSSR count). The Hall–Kier alpha value is -3.68. The minimum Gasteiger partial charge on any atom is -0.322 e. The second-order valence-electron chi connectivity index (χ2n) is 8.03. The summed E-state index contributed by atoms with van der Waals surface area (Å²) >= 11 is 2.94. The molecule has 1 unspecified atom stereocenters. The first-order valence-corrected chi connectivity index (χ1v) is 13.0. The van der Waals surface area contributed by atoms with Crippen molar-refractivity contribution in [3.63, 3.8) is 0 Å². The van der Waals surface area contributed by atoms with Crippen LogP contribution in [0.4, 0.5) is 10.8 Å². The molecule has 0 radical (unpaired) electrons. The molecule has 35 heavy (non-hydrogen) atoms. The van der Waals surface area contributed by atoms with E-state index in [-0.39, 0.29) is 17.1 Å². The van der Waals surface area contributed by atoms with Gasteiger partial charge in [0, 0.05) is 16.1 Å². The minimum atomic E-state index is -0.284. The summed E-state index contributed by atoms with van der Waals surface area (Å²) in [4.78, 5) is 31.2. The number of nitrogens with zero attached hydrogens (tertiary/aromatic N) is 1. The first kappa shape index (κ1) is 23.1. The number of thioether (sulfide) groups is 1. The van der Waals surface area contributed by atoms with Crippen LogP contribution in [-0.2, 0) is 4.79 Å². The highest BCUT2D eigenvalue weighted by Crippen LogP contribution is 2.30. The topological polar surface area (TPSA) is 71.1 Å². The van der Waals surface area contributed by atoms with Crippen LogP contribution in [0.3, 0.4) is 0 Å². The van der Waals surface area contributed by atoms with Gasteiger partial charge in [0.05, 0.1) is 15.5 Å². The summed E-state index contributed by atoms with van der Waals surface area (Å²) in [6.07, 6.45) is 0.662. The van der Waals surface area contributed by atoms with E-state index in [4.69, 9.17) is 0 Å². The van der Waals surface area contributed by atoms with E-state index in [9.17, 15) is 9.59 Å². The number of fused-ring (bicyclic) bond motifs is 2. The maximum atomic E-state index is 12.9. The molecule has 1 heterocycles. The zero-order valence-electron chi connectivity index (χ0n) is 19.0. The lowest BCUT2D eigenvalue weighted by atomic mass is 10.1. The van der Waals surface area contributed by atoms with Crippen LogP contribution in [0.2, 0.25) is 0 Å². The van der Waals surface area contributed by atoms with E-state index >= 15 is 0 Å². The molecule has 2 amide bonds. The second kappa shape index (κ2) is 10.3. The van der Waals surface area contributed by atoms with Gasteiger partial charge in [0.1, 0.15) is 0 Å². The Morgan fingerprint density at radius 1 is 0.886 bits per heavy atom. The number of carbonyl (C=O) groups is 2. The molecule has 174 valence electrons. The highest BCUT2D eigenvalue weighted by atomic mass is 32.2. The third kappa shape index (κ3) is 5.37. The molecule has 5 nitrogen and oxygen atoms in total. The molecule has 0 saturated carbocycles. The van der Waals surface area contributed by atoms with Crippen LogP contribution in [0.1, 0.15) is 23.7 Å². The molecule has 0 fully saturated rings. The van der Waals surface area contributed by atoms with Crippen molar-refractivity contribution >= 4 is 66.7 Å². The van der Waals surface area contributed by atoms with Crippen LogP contribution in [0.5, 0.6) is 0 Å². The first-order chi connectivity index (χ1) is 17.1. The van der Waals surface area contributed by atoms with E-state index in [1.807, 2.05) is 97.9 Å². The number of carbonyl (C=O) groups excluding carboxylic acids is 2. The van der Waals surface area contributed by atoms with Gasteiger partial charge in [-0.3, -0.25) is 9.59 Å². The molecular weight excluding hydrogens is 474 g/mol. The van der Waals surface area contributed by atoms with Crippen molar-refractivity contribution in [2.75, 3.05) is 10.6 Å². The van der Waals surface area contributed by atoms with Gasteiger partial charge >= 0.3 is 0 Å². The fraction of sp³-hybridized carbons (Fsp3) is 0.107. The van der Waals surface area contributed by atoms with Crippen molar-refractivity contribution in [1.82, 2.24) is 4.98 Å². The zero-order chi connectivity index (χ0) is 24.2. The van der Waals surface area contributed by atoms with E-state index < -0.39 is 0 Å². The van der Waals surface area contributed by atoms with Gasteiger partial charge in [-0.2, -0.15) is 0 Å². The number of hydrogen-bond acceptors (Lipinski definition) is 5. The second-order valence-corrected chi connectivity index (χ2v) is 10.3. The van der Waals surface area contributed by atoms with E-state index in [0.29, 0.717) is 22.8 Å². The van der Waals surface area contributed by atoms with Gasteiger partial charge in [0.25, 0.3) is 5.91 Å². The van der Waals surface area contributed by atoms with Crippen molar-refractivity contribution in [2.24, 2.45) is 0 Å². The number of amides is 2. The Kier molecular flexibility index (Phi) is 6.79. The fourth-order valence-electron chi connectivity index (χ4n) is 3.78. The standard InChI is InChI=1S/C28H23N3O2S2/c1-2-24(27(33)31-28-30-23-12-5-6-13-25(23)35-28)34-22-11-7-10-21(17-22)29-26(32)20-15-14-18-8-3-4-9-19(18)16-20/h3-17,24H,2H2,1H3,(H,29,32)(H,30,31,33). The number of rotatable bonds is 7. The summed E-state index contributed by atoms with van der Waals surface area (Å²) in [5.41, 5.74) is 2.17. The summed E-state index contributed by atoms with van der Waals surface area (Å²) in [5, 5.41) is 8.38. The van der Waals surface area contributed by atoms with Gasteiger partial charge in [0.2, 0.25) is 5.91 Å². The summed E-state index contributed by atoms with van der Waals surface area (Å²) in [6.45, 7) is 1.99. The molecule has 5 aromatic rings. The number of anilines is 2. The summed E-state index contributed by atoms with van der Waals surface area (Å²) in [7, 11) is 0. The van der Waals surface area contributed by atoms with E-state index in [1.54, 1.807) is 0 Å².